The number of nitrogens with one attached hydrogen (secondary N) is 1. The first-order chi connectivity index (χ1) is 10.8. The summed E-state index contributed by atoms with van der Waals surface area (Å²) in [4.78, 5) is 12.3. The van der Waals surface area contributed by atoms with Gasteiger partial charge in [-0.3, -0.25) is 4.79 Å². The molecule has 1 aromatic rings. The van der Waals surface area contributed by atoms with E-state index in [9.17, 15) is 13.2 Å². The van der Waals surface area contributed by atoms with Gasteiger partial charge in [0.1, 0.15) is 5.75 Å². The van der Waals surface area contributed by atoms with Crippen molar-refractivity contribution < 1.29 is 17.9 Å². The summed E-state index contributed by atoms with van der Waals surface area (Å²) in [6.07, 6.45) is 1.79. The Kier molecular flexibility index (Phi) is 5.46. The maximum atomic E-state index is 12.3. The molecule has 0 fully saturated rings. The second-order valence-electron chi connectivity index (χ2n) is 6.18. The van der Waals surface area contributed by atoms with Crippen molar-refractivity contribution in [1.29, 1.82) is 0 Å². The van der Waals surface area contributed by atoms with Crippen molar-refractivity contribution in [3.8, 4) is 5.75 Å². The Morgan fingerprint density at radius 2 is 1.96 bits per heavy atom. The van der Waals surface area contributed by atoms with E-state index in [1.54, 1.807) is 13.2 Å². The molecule has 0 spiro atoms. The Morgan fingerprint density at radius 3 is 2.43 bits per heavy atom. The van der Waals surface area contributed by atoms with Gasteiger partial charge in [-0.1, -0.05) is 32.1 Å². The van der Waals surface area contributed by atoms with Gasteiger partial charge in [0, 0.05) is 17.7 Å². The highest BCUT2D eigenvalue weighted by Gasteiger charge is 2.25. The fourth-order valence-electron chi connectivity index (χ4n) is 2.68. The first kappa shape index (κ1) is 17.5. The summed E-state index contributed by atoms with van der Waals surface area (Å²) in [5, 5.41) is 4.22. The zero-order valence-corrected chi connectivity index (χ0v) is 14.5. The first-order valence-corrected chi connectivity index (χ1v) is 9.36. The minimum atomic E-state index is -3.12. The number of hydrogen-bond donors (Lipinski definition) is 1. The lowest BCUT2D eigenvalue weighted by Gasteiger charge is -2.23. The minimum Gasteiger partial charge on any atom is -0.497 e. The van der Waals surface area contributed by atoms with Gasteiger partial charge in [-0.15, -0.1) is 0 Å². The van der Waals surface area contributed by atoms with Crippen LogP contribution in [0.15, 0.2) is 35.7 Å². The highest BCUT2D eigenvalue weighted by atomic mass is 32.2. The van der Waals surface area contributed by atoms with Crippen molar-refractivity contribution in [1.82, 2.24) is 5.32 Å². The summed E-state index contributed by atoms with van der Waals surface area (Å²) in [6.45, 7) is 4.07. The Balaban J connectivity index is 2.01. The van der Waals surface area contributed by atoms with E-state index >= 15 is 0 Å². The monoisotopic (exact) mass is 337 g/mol. The molecule has 23 heavy (non-hydrogen) atoms. The van der Waals surface area contributed by atoms with E-state index in [4.69, 9.17) is 4.74 Å². The van der Waals surface area contributed by atoms with Gasteiger partial charge in [-0.25, -0.2) is 8.42 Å². The number of carbonyl (C=O) groups is 1. The van der Waals surface area contributed by atoms with Crippen LogP contribution >= 0.6 is 0 Å². The molecular formula is C17H23NO4S. The van der Waals surface area contributed by atoms with Gasteiger partial charge in [0.05, 0.1) is 18.9 Å². The number of allylic oxidation sites excluding steroid dienone is 1. The molecule has 0 saturated heterocycles. The minimum absolute atomic E-state index is 0.0231. The van der Waals surface area contributed by atoms with Gasteiger partial charge in [0.2, 0.25) is 5.91 Å². The van der Waals surface area contributed by atoms with Crippen LogP contribution in [0.3, 0.4) is 0 Å². The van der Waals surface area contributed by atoms with Crippen molar-refractivity contribution in [3.63, 3.8) is 0 Å². The zero-order valence-electron chi connectivity index (χ0n) is 13.7. The number of rotatable bonds is 6. The third-order valence-electron chi connectivity index (χ3n) is 3.91. The van der Waals surface area contributed by atoms with E-state index in [1.165, 1.54) is 5.41 Å². The molecule has 5 nitrogen and oxygen atoms in total. The molecule has 6 heteroatoms. The lowest BCUT2D eigenvalue weighted by molar-refractivity contribution is -0.122. The Labute approximate surface area is 137 Å². The van der Waals surface area contributed by atoms with Crippen molar-refractivity contribution in [2.75, 3.05) is 12.9 Å². The fraction of sp³-hybridized carbons (Fsp3) is 0.471. The molecule has 1 N–H and O–H groups in total. The van der Waals surface area contributed by atoms with Crippen molar-refractivity contribution in [2.45, 2.75) is 26.3 Å². The molecule has 1 heterocycles. The average molecular weight is 337 g/mol. The van der Waals surface area contributed by atoms with Gasteiger partial charge >= 0.3 is 0 Å². The topological polar surface area (TPSA) is 72.5 Å². The van der Waals surface area contributed by atoms with Gasteiger partial charge in [0.15, 0.2) is 9.84 Å². The van der Waals surface area contributed by atoms with Crippen molar-refractivity contribution >= 4 is 15.7 Å². The third-order valence-corrected chi connectivity index (χ3v) is 5.37. The average Bonchev–Trinajstić information content (AvgIpc) is 2.83. The summed E-state index contributed by atoms with van der Waals surface area (Å²) >= 11 is 0. The molecule has 1 aliphatic heterocycles. The second kappa shape index (κ2) is 7.17. The largest absolute Gasteiger partial charge is 0.497 e. The van der Waals surface area contributed by atoms with E-state index in [-0.39, 0.29) is 36.0 Å². The Bertz CT molecular complexity index is 677. The maximum Gasteiger partial charge on any atom is 0.221 e. The number of sulfone groups is 1. The molecule has 1 aliphatic rings. The molecule has 1 amide bonds. The fourth-order valence-corrected chi connectivity index (χ4v) is 4.08. The number of methoxy groups -OCH3 is 1. The van der Waals surface area contributed by atoms with E-state index in [0.29, 0.717) is 0 Å². The lowest BCUT2D eigenvalue weighted by atomic mass is 9.95. The maximum absolute atomic E-state index is 12.3. The van der Waals surface area contributed by atoms with Crippen molar-refractivity contribution in [2.24, 2.45) is 11.8 Å². The standard InChI is InChI=1S/C17H23NO4S/c1-12(2)17(14-4-6-15(22-3)7-5-14)18-16(19)10-13-8-9-23(20,21)11-13/h4-9,12-13,17H,10-11H2,1-3H3,(H,18,19). The third kappa shape index (κ3) is 4.82. The van der Waals surface area contributed by atoms with Crippen LogP contribution in [-0.2, 0) is 14.6 Å². The van der Waals surface area contributed by atoms with Crippen LogP contribution in [0.2, 0.25) is 0 Å². The highest BCUT2D eigenvalue weighted by Crippen LogP contribution is 2.25. The molecule has 1 aromatic carbocycles. The van der Waals surface area contributed by atoms with Gasteiger partial charge in [0.25, 0.3) is 0 Å². The summed E-state index contributed by atoms with van der Waals surface area (Å²) in [7, 11) is -1.51. The van der Waals surface area contributed by atoms with Crippen LogP contribution in [0.5, 0.6) is 5.75 Å². The summed E-state index contributed by atoms with van der Waals surface area (Å²) in [6, 6.07) is 7.48. The van der Waals surface area contributed by atoms with Crippen molar-refractivity contribution in [3.05, 3.63) is 41.3 Å². The predicted molar refractivity (Wildman–Crippen MR) is 89.7 cm³/mol. The lowest BCUT2D eigenvalue weighted by Crippen LogP contribution is -2.33. The van der Waals surface area contributed by atoms with E-state index in [1.807, 2.05) is 38.1 Å². The van der Waals surface area contributed by atoms with E-state index < -0.39 is 9.84 Å². The molecule has 126 valence electrons. The van der Waals surface area contributed by atoms with Crippen LogP contribution in [0, 0.1) is 11.8 Å². The van der Waals surface area contributed by atoms with Gasteiger partial charge < -0.3 is 10.1 Å². The van der Waals surface area contributed by atoms with Gasteiger partial charge in [-0.2, -0.15) is 0 Å². The van der Waals surface area contributed by atoms with E-state index in [0.717, 1.165) is 11.3 Å². The number of hydrogen-bond acceptors (Lipinski definition) is 4. The van der Waals surface area contributed by atoms with Crippen LogP contribution < -0.4 is 10.1 Å². The Morgan fingerprint density at radius 1 is 1.30 bits per heavy atom. The molecule has 0 bridgehead atoms. The first-order valence-electron chi connectivity index (χ1n) is 7.65. The molecule has 0 aromatic heterocycles. The second-order valence-corrected chi connectivity index (χ2v) is 8.12. The summed E-state index contributed by atoms with van der Waals surface area (Å²) < 4.78 is 28.0. The van der Waals surface area contributed by atoms with E-state index in [2.05, 4.69) is 5.32 Å². The Hall–Kier alpha value is -1.82. The number of ether oxygens (including phenoxy) is 1. The molecule has 2 atom stereocenters. The van der Waals surface area contributed by atoms with Crippen LogP contribution in [0.1, 0.15) is 31.9 Å². The number of carbonyl (C=O) groups excluding carboxylic acids is 1. The number of benzene rings is 1. The molecule has 0 aliphatic carbocycles. The normalized spacial score (nSPS) is 20.4. The highest BCUT2D eigenvalue weighted by molar-refractivity contribution is 7.94. The van der Waals surface area contributed by atoms with Crippen LogP contribution in [0.4, 0.5) is 0 Å². The van der Waals surface area contributed by atoms with Gasteiger partial charge in [-0.05, 0) is 23.6 Å². The molecule has 0 radical (unpaired) electrons. The molecule has 2 unspecified atom stereocenters. The summed E-state index contributed by atoms with van der Waals surface area (Å²) in [5.41, 5.74) is 1.00. The predicted octanol–water partition coefficient (Wildman–Crippen LogP) is 2.46. The smallest absolute Gasteiger partial charge is 0.221 e. The SMILES string of the molecule is COc1ccc(C(NC(=O)CC2C=CS(=O)(=O)C2)C(C)C)cc1. The molecule has 2 rings (SSSR count). The quantitative estimate of drug-likeness (QED) is 0.865. The van der Waals surface area contributed by atoms with Crippen LogP contribution in [-0.4, -0.2) is 27.2 Å². The molecular weight excluding hydrogens is 314 g/mol. The zero-order chi connectivity index (χ0) is 17.0. The summed E-state index contributed by atoms with van der Waals surface area (Å²) in [5.74, 6) is 0.643. The number of amides is 1. The molecule has 0 saturated carbocycles. The van der Waals surface area contributed by atoms with Crippen LogP contribution in [0.25, 0.3) is 0 Å².